The normalized spacial score (nSPS) is 15.7. The van der Waals surface area contributed by atoms with Gasteiger partial charge >= 0.3 is 0 Å². The molecule has 6 heteroatoms. The van der Waals surface area contributed by atoms with Gasteiger partial charge in [0.25, 0.3) is 0 Å². The Morgan fingerprint density at radius 3 is 2.38 bits per heavy atom. The molecule has 1 heterocycles. The molecule has 0 aliphatic carbocycles. The zero-order chi connectivity index (χ0) is 13.7. The van der Waals surface area contributed by atoms with Crippen LogP contribution >= 0.6 is 24.8 Å². The van der Waals surface area contributed by atoms with Crippen LogP contribution in [0.1, 0.15) is 18.4 Å². The highest BCUT2D eigenvalue weighted by molar-refractivity contribution is 5.85. The molecule has 21 heavy (non-hydrogen) atoms. The molecule has 1 aliphatic rings. The Balaban J connectivity index is 0.00000200. The van der Waals surface area contributed by atoms with Gasteiger partial charge in [-0.05, 0) is 56.6 Å². The molecule has 1 aromatic carbocycles. The minimum absolute atomic E-state index is 0. The average Bonchev–Trinajstić information content (AvgIpc) is 2.41. The number of amides is 1. The van der Waals surface area contributed by atoms with Gasteiger partial charge in [-0.15, -0.1) is 24.8 Å². The number of nitrogen functional groups attached to an aromatic ring is 1. The molecule has 1 amide bonds. The second-order valence-electron chi connectivity index (χ2n) is 5.47. The molecule has 0 aromatic heterocycles. The van der Waals surface area contributed by atoms with Gasteiger partial charge in [-0.1, -0.05) is 12.1 Å². The van der Waals surface area contributed by atoms with Crippen molar-refractivity contribution in [3.05, 3.63) is 29.8 Å². The summed E-state index contributed by atoms with van der Waals surface area (Å²) in [6, 6.07) is 7.48. The molecule has 1 aromatic rings. The zero-order valence-electron chi connectivity index (χ0n) is 12.4. The molecule has 4 nitrogen and oxygen atoms in total. The highest BCUT2D eigenvalue weighted by Gasteiger charge is 2.17. The summed E-state index contributed by atoms with van der Waals surface area (Å²) < 4.78 is 0. The second-order valence-corrected chi connectivity index (χ2v) is 5.47. The maximum Gasteiger partial charge on any atom is 0.224 e. The van der Waals surface area contributed by atoms with Gasteiger partial charge in [0.2, 0.25) is 5.91 Å². The molecule has 3 N–H and O–H groups in total. The molecule has 1 saturated heterocycles. The lowest BCUT2D eigenvalue weighted by Gasteiger charge is -2.28. The van der Waals surface area contributed by atoms with Gasteiger partial charge in [0.1, 0.15) is 0 Å². The van der Waals surface area contributed by atoms with E-state index in [9.17, 15) is 4.79 Å². The standard InChI is InChI=1S/C15H23N3O.2ClH/c1-18-8-6-13(7-9-18)11-17-15(19)10-12-2-4-14(16)5-3-12;;/h2-5,13H,6-11,16H2,1H3,(H,17,19);2*1H. The van der Waals surface area contributed by atoms with Crippen LogP contribution in [0.2, 0.25) is 0 Å². The number of likely N-dealkylation sites (tertiary alicyclic amines) is 1. The first kappa shape index (κ1) is 20.0. The van der Waals surface area contributed by atoms with Gasteiger partial charge in [-0.3, -0.25) is 4.79 Å². The number of carbonyl (C=O) groups is 1. The molecule has 2 rings (SSSR count). The third-order valence-electron chi connectivity index (χ3n) is 3.77. The van der Waals surface area contributed by atoms with Crippen molar-refractivity contribution in [1.29, 1.82) is 0 Å². The maximum atomic E-state index is 11.9. The molecule has 0 unspecified atom stereocenters. The minimum Gasteiger partial charge on any atom is -0.399 e. The Kier molecular flexibility index (Phi) is 9.42. The van der Waals surface area contributed by atoms with Crippen molar-refractivity contribution >= 4 is 36.4 Å². The Morgan fingerprint density at radius 1 is 1.24 bits per heavy atom. The summed E-state index contributed by atoms with van der Waals surface area (Å²) in [5.74, 6) is 0.732. The van der Waals surface area contributed by atoms with Crippen molar-refractivity contribution in [3.63, 3.8) is 0 Å². The number of piperidine rings is 1. The van der Waals surface area contributed by atoms with E-state index in [0.29, 0.717) is 12.3 Å². The first-order valence-electron chi connectivity index (χ1n) is 6.93. The van der Waals surface area contributed by atoms with Crippen LogP contribution in [-0.2, 0) is 11.2 Å². The first-order chi connectivity index (χ1) is 9.13. The van der Waals surface area contributed by atoms with Gasteiger partial charge in [0.05, 0.1) is 6.42 Å². The lowest BCUT2D eigenvalue weighted by Crippen LogP contribution is -2.37. The summed E-state index contributed by atoms with van der Waals surface area (Å²) in [5, 5.41) is 3.04. The van der Waals surface area contributed by atoms with Crippen LogP contribution in [0.15, 0.2) is 24.3 Å². The average molecular weight is 334 g/mol. The van der Waals surface area contributed by atoms with E-state index in [1.807, 2.05) is 24.3 Å². The number of halogens is 2. The fourth-order valence-corrected chi connectivity index (χ4v) is 2.41. The number of nitrogens with one attached hydrogen (secondary N) is 1. The highest BCUT2D eigenvalue weighted by Crippen LogP contribution is 2.14. The maximum absolute atomic E-state index is 11.9. The first-order valence-corrected chi connectivity index (χ1v) is 6.93. The molecule has 0 atom stereocenters. The fraction of sp³-hybridized carbons (Fsp3) is 0.533. The predicted molar refractivity (Wildman–Crippen MR) is 92.3 cm³/mol. The quantitative estimate of drug-likeness (QED) is 0.829. The molecule has 0 spiro atoms. The van der Waals surface area contributed by atoms with E-state index >= 15 is 0 Å². The number of anilines is 1. The van der Waals surface area contributed by atoms with E-state index in [1.54, 1.807) is 0 Å². The van der Waals surface area contributed by atoms with Crippen molar-refractivity contribution in [2.75, 3.05) is 32.4 Å². The number of carbonyl (C=O) groups excluding carboxylic acids is 1. The summed E-state index contributed by atoms with van der Waals surface area (Å²) >= 11 is 0. The molecule has 1 aliphatic heterocycles. The van der Waals surface area contributed by atoms with Crippen molar-refractivity contribution in [3.8, 4) is 0 Å². The lowest BCUT2D eigenvalue weighted by atomic mass is 9.97. The topological polar surface area (TPSA) is 58.4 Å². The van der Waals surface area contributed by atoms with Gasteiger partial charge < -0.3 is 16.0 Å². The van der Waals surface area contributed by atoms with Crippen LogP contribution in [0.5, 0.6) is 0 Å². The number of nitrogens with zero attached hydrogens (tertiary/aromatic N) is 1. The van der Waals surface area contributed by atoms with Crippen molar-refractivity contribution in [1.82, 2.24) is 10.2 Å². The third-order valence-corrected chi connectivity index (χ3v) is 3.77. The van der Waals surface area contributed by atoms with Gasteiger partial charge in [0.15, 0.2) is 0 Å². The molecule has 0 bridgehead atoms. The summed E-state index contributed by atoms with van der Waals surface area (Å²) in [4.78, 5) is 14.2. The van der Waals surface area contributed by atoms with Gasteiger partial charge in [0, 0.05) is 12.2 Å². The monoisotopic (exact) mass is 333 g/mol. The molecule has 0 radical (unpaired) electrons. The van der Waals surface area contributed by atoms with Crippen molar-refractivity contribution < 1.29 is 4.79 Å². The summed E-state index contributed by atoms with van der Waals surface area (Å²) in [6.07, 6.45) is 2.80. The van der Waals surface area contributed by atoms with Crippen molar-refractivity contribution in [2.45, 2.75) is 19.3 Å². The van der Waals surface area contributed by atoms with E-state index in [2.05, 4.69) is 17.3 Å². The molecular weight excluding hydrogens is 309 g/mol. The molecular formula is C15H25Cl2N3O. The SMILES string of the molecule is CN1CCC(CNC(=O)Cc2ccc(N)cc2)CC1.Cl.Cl. The van der Waals surface area contributed by atoms with E-state index in [0.717, 1.165) is 30.9 Å². The predicted octanol–water partition coefficient (Wildman–Crippen LogP) is 2.11. The van der Waals surface area contributed by atoms with Crippen LogP contribution in [0.3, 0.4) is 0 Å². The smallest absolute Gasteiger partial charge is 0.224 e. The minimum atomic E-state index is 0. The third kappa shape index (κ3) is 7.02. The van der Waals surface area contributed by atoms with Gasteiger partial charge in [-0.2, -0.15) is 0 Å². The number of rotatable bonds is 4. The zero-order valence-corrected chi connectivity index (χ0v) is 14.0. The summed E-state index contributed by atoms with van der Waals surface area (Å²) in [5.41, 5.74) is 7.36. The summed E-state index contributed by atoms with van der Waals surface area (Å²) in [7, 11) is 2.15. The van der Waals surface area contributed by atoms with Crippen LogP contribution in [-0.4, -0.2) is 37.5 Å². The Labute approximate surface area is 139 Å². The Hall–Kier alpha value is -0.970. The van der Waals surface area contributed by atoms with Crippen LogP contribution in [0.4, 0.5) is 5.69 Å². The van der Waals surface area contributed by atoms with Crippen LogP contribution in [0.25, 0.3) is 0 Å². The second kappa shape index (κ2) is 9.87. The summed E-state index contributed by atoms with van der Waals surface area (Å²) in [6.45, 7) is 3.08. The number of hydrogen-bond acceptors (Lipinski definition) is 3. The largest absolute Gasteiger partial charge is 0.399 e. The molecule has 1 fully saturated rings. The van der Waals surface area contributed by atoms with E-state index in [1.165, 1.54) is 12.8 Å². The van der Waals surface area contributed by atoms with E-state index in [4.69, 9.17) is 5.73 Å². The number of hydrogen-bond donors (Lipinski definition) is 2. The Morgan fingerprint density at radius 2 is 1.81 bits per heavy atom. The van der Waals surface area contributed by atoms with Crippen LogP contribution < -0.4 is 11.1 Å². The van der Waals surface area contributed by atoms with E-state index in [-0.39, 0.29) is 30.7 Å². The molecule has 0 saturated carbocycles. The highest BCUT2D eigenvalue weighted by atomic mass is 35.5. The van der Waals surface area contributed by atoms with Crippen molar-refractivity contribution in [2.24, 2.45) is 5.92 Å². The van der Waals surface area contributed by atoms with Gasteiger partial charge in [-0.25, -0.2) is 0 Å². The number of nitrogens with two attached hydrogens (primary N) is 1. The molecule has 120 valence electrons. The van der Waals surface area contributed by atoms with Crippen LogP contribution in [0, 0.1) is 5.92 Å². The van der Waals surface area contributed by atoms with E-state index < -0.39 is 0 Å². The fourth-order valence-electron chi connectivity index (χ4n) is 2.41. The Bertz CT molecular complexity index is 417. The lowest BCUT2D eigenvalue weighted by molar-refractivity contribution is -0.120. The number of benzene rings is 1.